The summed E-state index contributed by atoms with van der Waals surface area (Å²) in [4.78, 5) is 15.0. The summed E-state index contributed by atoms with van der Waals surface area (Å²) in [7, 11) is 1.71. The maximum absolute atomic E-state index is 13.0. The Bertz CT molecular complexity index is 752. The zero-order chi connectivity index (χ0) is 17.9. The topological polar surface area (TPSA) is 47.4 Å². The lowest BCUT2D eigenvalue weighted by atomic mass is 9.99. The van der Waals surface area contributed by atoms with E-state index in [1.165, 1.54) is 29.7 Å². The Labute approximate surface area is 154 Å². The zero-order valence-corrected chi connectivity index (χ0v) is 15.4. The molecule has 1 atom stereocenters. The second-order valence-corrected chi connectivity index (χ2v) is 7.47. The third kappa shape index (κ3) is 3.68. The molecular formula is C21H27N3O2. The zero-order valence-electron chi connectivity index (χ0n) is 15.4. The Morgan fingerprint density at radius 3 is 2.81 bits per heavy atom. The summed E-state index contributed by atoms with van der Waals surface area (Å²) in [5, 5.41) is 4.62. The first kappa shape index (κ1) is 17.3. The fourth-order valence-corrected chi connectivity index (χ4v) is 3.91. The number of methoxy groups -OCH3 is 1. The van der Waals surface area contributed by atoms with E-state index in [1.54, 1.807) is 7.11 Å². The highest BCUT2D eigenvalue weighted by Crippen LogP contribution is 2.35. The standard InChI is InChI=1S/C21H27N3O2/c1-26-15-19-21-18(13-22-24(21)14-17-7-8-17)11-12-23(19)20(25)10-9-16-5-3-2-4-6-16/h2-6,13,17,19H,7-12,14-15H2,1H3/t19-/m1/s1. The number of rotatable bonds is 7. The van der Waals surface area contributed by atoms with Gasteiger partial charge in [0.2, 0.25) is 5.91 Å². The van der Waals surface area contributed by atoms with Crippen LogP contribution in [0.15, 0.2) is 36.5 Å². The highest BCUT2D eigenvalue weighted by Gasteiger charge is 2.35. The molecule has 1 amide bonds. The summed E-state index contributed by atoms with van der Waals surface area (Å²) in [5.74, 6) is 0.965. The molecule has 2 aliphatic rings. The molecule has 2 aromatic rings. The van der Waals surface area contributed by atoms with Crippen LogP contribution in [0.4, 0.5) is 0 Å². The highest BCUT2D eigenvalue weighted by atomic mass is 16.5. The van der Waals surface area contributed by atoms with Crippen molar-refractivity contribution in [3.63, 3.8) is 0 Å². The summed E-state index contributed by atoms with van der Waals surface area (Å²) in [6, 6.07) is 10.2. The Morgan fingerprint density at radius 1 is 1.27 bits per heavy atom. The summed E-state index contributed by atoms with van der Waals surface area (Å²) in [5.41, 5.74) is 3.68. The van der Waals surface area contributed by atoms with Crippen LogP contribution in [0.5, 0.6) is 0 Å². The van der Waals surface area contributed by atoms with E-state index >= 15 is 0 Å². The molecule has 0 saturated heterocycles. The summed E-state index contributed by atoms with van der Waals surface area (Å²) in [6.07, 6.45) is 6.79. The molecule has 138 valence electrons. The van der Waals surface area contributed by atoms with Crippen LogP contribution in [0, 0.1) is 5.92 Å². The predicted molar refractivity (Wildman–Crippen MR) is 99.7 cm³/mol. The smallest absolute Gasteiger partial charge is 0.223 e. The molecule has 4 rings (SSSR count). The Morgan fingerprint density at radius 2 is 2.08 bits per heavy atom. The number of benzene rings is 1. The number of fused-ring (bicyclic) bond motifs is 1. The lowest BCUT2D eigenvalue weighted by Crippen LogP contribution is -2.43. The van der Waals surface area contributed by atoms with Crippen molar-refractivity contribution >= 4 is 5.91 Å². The number of aryl methyl sites for hydroxylation is 1. The minimum atomic E-state index is -0.0201. The number of nitrogens with zero attached hydrogens (tertiary/aromatic N) is 3. The lowest BCUT2D eigenvalue weighted by Gasteiger charge is -2.36. The molecular weight excluding hydrogens is 326 g/mol. The quantitative estimate of drug-likeness (QED) is 0.769. The minimum absolute atomic E-state index is 0.0201. The van der Waals surface area contributed by atoms with Crippen LogP contribution < -0.4 is 0 Å². The first-order chi connectivity index (χ1) is 12.8. The van der Waals surface area contributed by atoms with Gasteiger partial charge in [-0.15, -0.1) is 0 Å². The molecule has 0 unspecified atom stereocenters. The van der Waals surface area contributed by atoms with Gasteiger partial charge in [-0.25, -0.2) is 0 Å². The third-order valence-corrected chi connectivity index (χ3v) is 5.52. The molecule has 0 spiro atoms. The first-order valence-electron chi connectivity index (χ1n) is 9.63. The number of aromatic nitrogens is 2. The van der Waals surface area contributed by atoms with Crippen LogP contribution >= 0.6 is 0 Å². The van der Waals surface area contributed by atoms with E-state index in [9.17, 15) is 4.79 Å². The summed E-state index contributed by atoms with van der Waals surface area (Å²) >= 11 is 0. The molecule has 2 heterocycles. The Hall–Kier alpha value is -2.14. The number of amides is 1. The van der Waals surface area contributed by atoms with Gasteiger partial charge in [-0.2, -0.15) is 5.10 Å². The molecule has 1 saturated carbocycles. The fourth-order valence-electron chi connectivity index (χ4n) is 3.91. The van der Waals surface area contributed by atoms with Crippen LogP contribution in [-0.2, 0) is 28.9 Å². The van der Waals surface area contributed by atoms with Gasteiger partial charge in [0.1, 0.15) is 0 Å². The van der Waals surface area contributed by atoms with Crippen LogP contribution in [0.3, 0.4) is 0 Å². The molecule has 1 aromatic heterocycles. The van der Waals surface area contributed by atoms with Gasteiger partial charge in [0, 0.05) is 26.6 Å². The van der Waals surface area contributed by atoms with Gasteiger partial charge < -0.3 is 9.64 Å². The maximum atomic E-state index is 13.0. The van der Waals surface area contributed by atoms with Gasteiger partial charge in [0.25, 0.3) is 0 Å². The van der Waals surface area contributed by atoms with E-state index in [4.69, 9.17) is 4.74 Å². The van der Waals surface area contributed by atoms with E-state index in [0.717, 1.165) is 31.8 Å². The van der Waals surface area contributed by atoms with Crippen molar-refractivity contribution in [2.45, 2.75) is 44.7 Å². The lowest BCUT2D eigenvalue weighted by molar-refractivity contribution is -0.135. The van der Waals surface area contributed by atoms with Crippen LogP contribution in [0.2, 0.25) is 0 Å². The van der Waals surface area contributed by atoms with Crippen molar-refractivity contribution in [1.29, 1.82) is 0 Å². The van der Waals surface area contributed by atoms with Crippen LogP contribution in [0.25, 0.3) is 0 Å². The number of hydrogen-bond donors (Lipinski definition) is 0. The number of carbonyl (C=O) groups is 1. The van der Waals surface area contributed by atoms with Crippen molar-refractivity contribution in [1.82, 2.24) is 14.7 Å². The van der Waals surface area contributed by atoms with Crippen molar-refractivity contribution in [3.8, 4) is 0 Å². The number of hydrogen-bond acceptors (Lipinski definition) is 3. The first-order valence-corrected chi connectivity index (χ1v) is 9.63. The van der Waals surface area contributed by atoms with Crippen molar-refractivity contribution in [3.05, 3.63) is 53.3 Å². The van der Waals surface area contributed by atoms with Gasteiger partial charge in [-0.3, -0.25) is 9.48 Å². The molecule has 0 radical (unpaired) electrons. The van der Waals surface area contributed by atoms with Gasteiger partial charge in [-0.1, -0.05) is 30.3 Å². The second kappa shape index (κ2) is 7.62. The Balaban J connectivity index is 1.50. The van der Waals surface area contributed by atoms with Crippen molar-refractivity contribution < 1.29 is 9.53 Å². The largest absolute Gasteiger partial charge is 0.382 e. The van der Waals surface area contributed by atoms with Crippen LogP contribution in [0.1, 0.15) is 42.1 Å². The van der Waals surface area contributed by atoms with Gasteiger partial charge in [0.15, 0.2) is 0 Å². The van der Waals surface area contributed by atoms with Gasteiger partial charge in [0.05, 0.1) is 24.5 Å². The molecule has 1 aliphatic carbocycles. The molecule has 0 bridgehead atoms. The SMILES string of the molecule is COC[C@@H]1c2c(cnn2CC2CC2)CCN1C(=O)CCc1ccccc1. The second-order valence-electron chi connectivity index (χ2n) is 7.47. The van der Waals surface area contributed by atoms with Crippen molar-refractivity contribution in [2.24, 2.45) is 5.92 Å². The molecule has 0 N–H and O–H groups in total. The molecule has 5 nitrogen and oxygen atoms in total. The highest BCUT2D eigenvalue weighted by molar-refractivity contribution is 5.77. The molecule has 26 heavy (non-hydrogen) atoms. The number of carbonyl (C=O) groups excluding carboxylic acids is 1. The van der Waals surface area contributed by atoms with E-state index in [2.05, 4.69) is 21.9 Å². The molecule has 1 aliphatic heterocycles. The summed E-state index contributed by atoms with van der Waals surface area (Å²) < 4.78 is 7.62. The monoisotopic (exact) mass is 353 g/mol. The fraction of sp³-hybridized carbons (Fsp3) is 0.524. The van der Waals surface area contributed by atoms with E-state index < -0.39 is 0 Å². The summed E-state index contributed by atoms with van der Waals surface area (Å²) in [6.45, 7) is 2.26. The Kier molecular flexibility index (Phi) is 5.07. The predicted octanol–water partition coefficient (Wildman–Crippen LogP) is 3.00. The van der Waals surface area contributed by atoms with Crippen molar-refractivity contribution in [2.75, 3.05) is 20.3 Å². The molecule has 1 fully saturated rings. The van der Waals surface area contributed by atoms with Gasteiger partial charge in [-0.05, 0) is 42.7 Å². The molecule has 5 heteroatoms. The minimum Gasteiger partial charge on any atom is -0.382 e. The third-order valence-electron chi connectivity index (χ3n) is 5.52. The average Bonchev–Trinajstić information content (AvgIpc) is 3.39. The maximum Gasteiger partial charge on any atom is 0.223 e. The van der Waals surface area contributed by atoms with E-state index in [1.807, 2.05) is 29.3 Å². The molecule has 1 aromatic carbocycles. The number of ether oxygens (including phenoxy) is 1. The average molecular weight is 353 g/mol. The van der Waals surface area contributed by atoms with Crippen LogP contribution in [-0.4, -0.2) is 40.8 Å². The van der Waals surface area contributed by atoms with E-state index in [0.29, 0.717) is 13.0 Å². The van der Waals surface area contributed by atoms with Gasteiger partial charge >= 0.3 is 0 Å². The van der Waals surface area contributed by atoms with E-state index in [-0.39, 0.29) is 11.9 Å². The normalized spacial score (nSPS) is 19.4.